The summed E-state index contributed by atoms with van der Waals surface area (Å²) in [5, 5.41) is 5.92. The summed E-state index contributed by atoms with van der Waals surface area (Å²) in [6, 6.07) is 23.9. The van der Waals surface area contributed by atoms with Crippen LogP contribution in [-0.4, -0.2) is 57.7 Å². The van der Waals surface area contributed by atoms with Gasteiger partial charge in [0.2, 0.25) is 10.0 Å². The molecule has 1 N–H and O–H groups in total. The third-order valence-electron chi connectivity index (χ3n) is 7.09. The molecule has 3 aromatic rings. The Morgan fingerprint density at radius 2 is 1.55 bits per heavy atom. The van der Waals surface area contributed by atoms with Crippen molar-refractivity contribution in [3.05, 3.63) is 95.6 Å². The fraction of sp³-hybridized carbons (Fsp3) is 0.226. The third kappa shape index (κ3) is 5.74. The highest BCUT2D eigenvalue weighted by molar-refractivity contribution is 7.88. The summed E-state index contributed by atoms with van der Waals surface area (Å²) in [6.07, 6.45) is 1.14. The molecule has 0 fully saturated rings. The number of para-hydroxylation sites is 2. The van der Waals surface area contributed by atoms with E-state index in [1.54, 1.807) is 31.2 Å². The number of fused-ring (bicyclic) bond motifs is 1. The van der Waals surface area contributed by atoms with E-state index in [4.69, 9.17) is 4.99 Å². The molecule has 0 aromatic heterocycles. The zero-order valence-corrected chi connectivity index (χ0v) is 24.7. The molecule has 0 atom stereocenters. The van der Waals surface area contributed by atoms with Crippen molar-refractivity contribution in [2.24, 2.45) is 10.1 Å². The van der Waals surface area contributed by atoms with Crippen molar-refractivity contribution in [3.8, 4) is 0 Å². The van der Waals surface area contributed by atoms with Crippen molar-refractivity contribution >= 4 is 56.1 Å². The fourth-order valence-corrected chi connectivity index (χ4v) is 5.43. The number of nitrogens with one attached hydrogen (secondary N) is 1. The van der Waals surface area contributed by atoms with Crippen LogP contribution in [0, 0.1) is 6.92 Å². The van der Waals surface area contributed by atoms with Crippen LogP contribution in [0.5, 0.6) is 0 Å². The van der Waals surface area contributed by atoms with Crippen LogP contribution in [0.3, 0.4) is 0 Å². The van der Waals surface area contributed by atoms with Crippen molar-refractivity contribution in [2.75, 3.05) is 40.7 Å². The number of hydrogen-bond donors (Lipinski definition) is 1. The van der Waals surface area contributed by atoms with Gasteiger partial charge in [0.1, 0.15) is 5.71 Å². The van der Waals surface area contributed by atoms with Crippen molar-refractivity contribution in [3.63, 3.8) is 0 Å². The predicted molar refractivity (Wildman–Crippen MR) is 167 cm³/mol. The van der Waals surface area contributed by atoms with Gasteiger partial charge in [-0.15, -0.1) is 5.10 Å². The van der Waals surface area contributed by atoms with E-state index in [1.165, 1.54) is 9.91 Å². The predicted octanol–water partition coefficient (Wildman–Crippen LogP) is 4.17. The first-order valence-electron chi connectivity index (χ1n) is 13.6. The van der Waals surface area contributed by atoms with Gasteiger partial charge >= 0.3 is 0 Å². The lowest BCUT2D eigenvalue weighted by Crippen LogP contribution is -2.47. The molecule has 2 heterocycles. The summed E-state index contributed by atoms with van der Waals surface area (Å²) in [6.45, 7) is 7.08. The topological polar surface area (TPSA) is 115 Å². The van der Waals surface area contributed by atoms with Crippen LogP contribution in [0.25, 0.3) is 0 Å². The Bertz CT molecular complexity index is 1730. The van der Waals surface area contributed by atoms with Crippen LogP contribution in [0.2, 0.25) is 0 Å². The van der Waals surface area contributed by atoms with Gasteiger partial charge in [0.05, 0.1) is 28.9 Å². The summed E-state index contributed by atoms with van der Waals surface area (Å²) in [5.41, 5.74) is 4.45. The monoisotopic (exact) mass is 584 g/mol. The van der Waals surface area contributed by atoms with Gasteiger partial charge in [0.25, 0.3) is 11.8 Å². The van der Waals surface area contributed by atoms with Crippen molar-refractivity contribution in [1.29, 1.82) is 0 Å². The van der Waals surface area contributed by atoms with Gasteiger partial charge in [0.15, 0.2) is 5.84 Å². The Kier molecular flexibility index (Phi) is 8.06. The minimum atomic E-state index is -3.28. The van der Waals surface area contributed by atoms with Crippen molar-refractivity contribution < 1.29 is 18.0 Å². The van der Waals surface area contributed by atoms with Gasteiger partial charge in [-0.25, -0.2) is 18.1 Å². The zero-order valence-electron chi connectivity index (χ0n) is 23.9. The number of carbonyl (C=O) groups excluding carboxylic acids is 2. The number of amidine groups is 1. The molecular formula is C31H32N6O4S. The van der Waals surface area contributed by atoms with E-state index in [9.17, 15) is 18.0 Å². The first kappa shape index (κ1) is 28.9. The molecule has 216 valence electrons. The highest BCUT2D eigenvalue weighted by Gasteiger charge is 2.45. The van der Waals surface area contributed by atoms with Crippen LogP contribution in [0.15, 0.2) is 100 Å². The van der Waals surface area contributed by atoms with Gasteiger partial charge in [-0.1, -0.05) is 36.4 Å². The average molecular weight is 585 g/mol. The molecule has 5 rings (SSSR count). The first-order valence-corrected chi connectivity index (χ1v) is 15.5. The van der Waals surface area contributed by atoms with E-state index in [2.05, 4.69) is 14.7 Å². The summed E-state index contributed by atoms with van der Waals surface area (Å²) in [4.78, 5) is 36.1. The summed E-state index contributed by atoms with van der Waals surface area (Å²) < 4.78 is 25.4. The van der Waals surface area contributed by atoms with Crippen molar-refractivity contribution in [1.82, 2.24) is 4.72 Å². The minimum Gasteiger partial charge on any atom is -0.370 e. The van der Waals surface area contributed by atoms with E-state index in [0.717, 1.165) is 17.5 Å². The van der Waals surface area contributed by atoms with E-state index >= 15 is 0 Å². The van der Waals surface area contributed by atoms with E-state index in [-0.39, 0.29) is 29.9 Å². The molecule has 2 aliphatic rings. The van der Waals surface area contributed by atoms with Gasteiger partial charge in [0, 0.05) is 25.3 Å². The third-order valence-corrected chi connectivity index (χ3v) is 7.82. The second-order valence-electron chi connectivity index (χ2n) is 10.0. The van der Waals surface area contributed by atoms with Crippen LogP contribution in [-0.2, 0) is 19.6 Å². The number of aryl methyl sites for hydroxylation is 1. The second-order valence-corrected chi connectivity index (χ2v) is 11.9. The second kappa shape index (κ2) is 11.7. The molecule has 0 spiro atoms. The zero-order chi connectivity index (χ0) is 30.0. The molecule has 0 unspecified atom stereocenters. The number of rotatable bonds is 9. The average Bonchev–Trinajstić information content (AvgIpc) is 3.31. The molecule has 42 heavy (non-hydrogen) atoms. The number of amides is 2. The lowest BCUT2D eigenvalue weighted by atomic mass is 9.96. The lowest BCUT2D eigenvalue weighted by Gasteiger charge is -2.28. The molecule has 2 amide bonds. The SMILES string of the molecule is CCN(CCNS(C)(=O)=O)c1ccc(N=C2C(=O)N(c3ccccc3)C3=NN(c4ccccc4)C(=O)C3=C2C)c(C)c1. The van der Waals surface area contributed by atoms with E-state index < -0.39 is 10.0 Å². The number of likely N-dealkylation sites (N-methyl/N-ethyl adjacent to an activating group) is 1. The molecule has 0 aliphatic carbocycles. The summed E-state index contributed by atoms with van der Waals surface area (Å²) >= 11 is 0. The van der Waals surface area contributed by atoms with Gasteiger partial charge in [-0.3, -0.25) is 14.5 Å². The van der Waals surface area contributed by atoms with Crippen LogP contribution in [0.4, 0.5) is 22.7 Å². The maximum absolute atomic E-state index is 14.1. The maximum atomic E-state index is 14.1. The highest BCUT2D eigenvalue weighted by atomic mass is 32.2. The summed E-state index contributed by atoms with van der Waals surface area (Å²) in [7, 11) is -3.28. The summed E-state index contributed by atoms with van der Waals surface area (Å²) in [5.74, 6) is -0.442. The lowest BCUT2D eigenvalue weighted by molar-refractivity contribution is -0.114. The Balaban J connectivity index is 1.54. The molecule has 2 aliphatic heterocycles. The number of aliphatic imine (C=N–C) groups is 1. The quantitative estimate of drug-likeness (QED) is 0.406. The van der Waals surface area contributed by atoms with Gasteiger partial charge < -0.3 is 4.90 Å². The molecule has 0 saturated heterocycles. The highest BCUT2D eigenvalue weighted by Crippen LogP contribution is 2.34. The van der Waals surface area contributed by atoms with Crippen molar-refractivity contribution in [2.45, 2.75) is 20.8 Å². The number of hydrogen-bond acceptors (Lipinski definition) is 7. The molecular weight excluding hydrogens is 552 g/mol. The van der Waals surface area contributed by atoms with Crippen LogP contribution in [0.1, 0.15) is 19.4 Å². The van der Waals surface area contributed by atoms with E-state index in [0.29, 0.717) is 41.3 Å². The fourth-order valence-electron chi connectivity index (χ4n) is 4.97. The number of benzene rings is 3. The van der Waals surface area contributed by atoms with E-state index in [1.807, 2.05) is 68.4 Å². The Morgan fingerprint density at radius 3 is 2.14 bits per heavy atom. The number of carbonyl (C=O) groups is 2. The van der Waals surface area contributed by atoms with Gasteiger partial charge in [-0.05, 0) is 74.4 Å². The van der Waals surface area contributed by atoms with Crippen LogP contribution >= 0.6 is 0 Å². The van der Waals surface area contributed by atoms with Crippen LogP contribution < -0.4 is 19.5 Å². The Morgan fingerprint density at radius 1 is 0.905 bits per heavy atom. The number of anilines is 3. The molecule has 10 nitrogen and oxygen atoms in total. The molecule has 0 saturated carbocycles. The first-order chi connectivity index (χ1) is 20.1. The molecule has 3 aromatic carbocycles. The number of sulfonamides is 1. The number of hydrazone groups is 1. The molecule has 0 radical (unpaired) electrons. The number of nitrogens with zero attached hydrogens (tertiary/aromatic N) is 5. The maximum Gasteiger partial charge on any atom is 0.283 e. The molecule has 0 bridgehead atoms. The normalized spacial score (nSPS) is 16.3. The Hall–Kier alpha value is -4.61. The van der Waals surface area contributed by atoms with Gasteiger partial charge in [-0.2, -0.15) is 5.01 Å². The molecule has 11 heteroatoms. The Labute approximate surface area is 245 Å². The standard InChI is InChI=1S/C31H32N6O4S/c1-5-35(19-18-32-42(4,40)41)25-16-17-26(21(2)20-25)33-28-22(3)27-29(36(31(28)39)23-12-8-6-9-13-23)34-37(30(27)38)24-14-10-7-11-15-24/h6-17,20,32H,5,18-19H2,1-4H3. The largest absolute Gasteiger partial charge is 0.370 e. The smallest absolute Gasteiger partial charge is 0.283 e. The minimum absolute atomic E-state index is 0.164.